The first kappa shape index (κ1) is 22.2. The molecule has 36 heavy (non-hydrogen) atoms. The summed E-state index contributed by atoms with van der Waals surface area (Å²) in [6.45, 7) is 2.34. The summed E-state index contributed by atoms with van der Waals surface area (Å²) in [7, 11) is 0. The number of hydrogen-bond donors (Lipinski definition) is 1. The zero-order chi connectivity index (χ0) is 24.6. The molecule has 1 aliphatic heterocycles. The molecule has 0 bridgehead atoms. The van der Waals surface area contributed by atoms with E-state index in [0.717, 1.165) is 22.2 Å². The number of para-hydroxylation sites is 2. The standard InChI is InChI=1S/C27H21N3O5S/c1-16-6-2-4-8-19(16)28-23(31)14-36-27-29-24-18-7-3-5-9-20(18)35-25(24)26(32)30(27)13-17-10-11-21-22(12-17)34-15-33-21/h2-12H,13-15H2,1H3,(H,28,31). The molecule has 1 aliphatic rings. The molecule has 8 nitrogen and oxygen atoms in total. The molecule has 0 spiro atoms. The molecule has 0 radical (unpaired) electrons. The number of amides is 1. The monoisotopic (exact) mass is 499 g/mol. The largest absolute Gasteiger partial charge is 0.454 e. The fourth-order valence-corrected chi connectivity index (χ4v) is 4.95. The van der Waals surface area contributed by atoms with Gasteiger partial charge in [0, 0.05) is 11.1 Å². The third-order valence-electron chi connectivity index (χ3n) is 5.98. The first-order valence-electron chi connectivity index (χ1n) is 11.4. The number of carbonyl (C=O) groups is 1. The van der Waals surface area contributed by atoms with Crippen molar-refractivity contribution in [1.29, 1.82) is 0 Å². The zero-order valence-corrected chi connectivity index (χ0v) is 20.1. The van der Waals surface area contributed by atoms with Gasteiger partial charge in [0.15, 0.2) is 16.7 Å². The fourth-order valence-electron chi connectivity index (χ4n) is 4.15. The van der Waals surface area contributed by atoms with Crippen LogP contribution in [0.25, 0.3) is 22.1 Å². The van der Waals surface area contributed by atoms with Crippen molar-refractivity contribution in [3.05, 3.63) is 88.2 Å². The number of aromatic nitrogens is 2. The Bertz CT molecular complexity index is 1690. The molecule has 5 aromatic rings. The van der Waals surface area contributed by atoms with E-state index in [0.29, 0.717) is 27.8 Å². The smallest absolute Gasteiger partial charge is 0.298 e. The van der Waals surface area contributed by atoms with E-state index in [2.05, 4.69) is 5.32 Å². The van der Waals surface area contributed by atoms with Crippen LogP contribution in [0.15, 0.2) is 81.1 Å². The van der Waals surface area contributed by atoms with Crippen LogP contribution in [-0.2, 0) is 11.3 Å². The second kappa shape index (κ2) is 9.09. The van der Waals surface area contributed by atoms with E-state index in [-0.39, 0.29) is 36.1 Å². The van der Waals surface area contributed by atoms with Crippen molar-refractivity contribution >= 4 is 45.4 Å². The van der Waals surface area contributed by atoms with Crippen molar-refractivity contribution in [1.82, 2.24) is 9.55 Å². The first-order valence-corrected chi connectivity index (χ1v) is 12.3. The predicted molar refractivity (Wildman–Crippen MR) is 138 cm³/mol. The number of fused-ring (bicyclic) bond motifs is 4. The molecule has 6 rings (SSSR count). The van der Waals surface area contributed by atoms with Crippen LogP contribution in [0.1, 0.15) is 11.1 Å². The van der Waals surface area contributed by atoms with Gasteiger partial charge in [0.2, 0.25) is 18.3 Å². The van der Waals surface area contributed by atoms with Gasteiger partial charge in [-0.2, -0.15) is 0 Å². The number of nitrogens with one attached hydrogen (secondary N) is 1. The highest BCUT2D eigenvalue weighted by atomic mass is 32.2. The molecule has 3 aromatic carbocycles. The summed E-state index contributed by atoms with van der Waals surface area (Å²) < 4.78 is 18.3. The normalized spacial score (nSPS) is 12.4. The van der Waals surface area contributed by atoms with Crippen LogP contribution < -0.4 is 20.3 Å². The quantitative estimate of drug-likeness (QED) is 0.261. The van der Waals surface area contributed by atoms with Gasteiger partial charge in [-0.25, -0.2) is 4.98 Å². The highest BCUT2D eigenvalue weighted by Gasteiger charge is 2.20. The maximum Gasteiger partial charge on any atom is 0.298 e. The molecule has 0 saturated heterocycles. The molecule has 1 N–H and O–H groups in total. The van der Waals surface area contributed by atoms with Crippen molar-refractivity contribution in [3.63, 3.8) is 0 Å². The molecule has 0 saturated carbocycles. The minimum atomic E-state index is -0.310. The van der Waals surface area contributed by atoms with Crippen molar-refractivity contribution < 1.29 is 18.7 Å². The summed E-state index contributed by atoms with van der Waals surface area (Å²) >= 11 is 1.21. The van der Waals surface area contributed by atoms with Gasteiger partial charge in [-0.1, -0.05) is 48.2 Å². The molecule has 0 fully saturated rings. The van der Waals surface area contributed by atoms with Crippen molar-refractivity contribution in [2.75, 3.05) is 17.9 Å². The van der Waals surface area contributed by atoms with E-state index in [1.807, 2.05) is 67.6 Å². The minimum absolute atomic E-state index is 0.0865. The van der Waals surface area contributed by atoms with E-state index in [4.69, 9.17) is 18.9 Å². The molecule has 9 heteroatoms. The third-order valence-corrected chi connectivity index (χ3v) is 6.95. The highest BCUT2D eigenvalue weighted by Crippen LogP contribution is 2.33. The average molecular weight is 500 g/mol. The molecule has 1 amide bonds. The molecule has 0 aliphatic carbocycles. The van der Waals surface area contributed by atoms with Gasteiger partial charge in [-0.3, -0.25) is 14.2 Å². The lowest BCUT2D eigenvalue weighted by atomic mass is 10.2. The predicted octanol–water partition coefficient (Wildman–Crippen LogP) is 4.96. The Morgan fingerprint density at radius 1 is 1.06 bits per heavy atom. The lowest BCUT2D eigenvalue weighted by molar-refractivity contribution is -0.113. The number of rotatable bonds is 6. The van der Waals surface area contributed by atoms with E-state index >= 15 is 0 Å². The molecular weight excluding hydrogens is 478 g/mol. The Kier molecular flexibility index (Phi) is 5.61. The van der Waals surface area contributed by atoms with Crippen LogP contribution >= 0.6 is 11.8 Å². The van der Waals surface area contributed by atoms with Crippen LogP contribution in [0.5, 0.6) is 11.5 Å². The molecule has 180 valence electrons. The van der Waals surface area contributed by atoms with Gasteiger partial charge in [-0.05, 0) is 48.4 Å². The number of benzene rings is 3. The maximum absolute atomic E-state index is 13.6. The van der Waals surface area contributed by atoms with Crippen LogP contribution in [-0.4, -0.2) is 28.0 Å². The number of carbonyl (C=O) groups excluding carboxylic acids is 1. The maximum atomic E-state index is 13.6. The summed E-state index contributed by atoms with van der Waals surface area (Å²) in [5, 5.41) is 4.11. The number of furan rings is 1. The number of anilines is 1. The summed E-state index contributed by atoms with van der Waals surface area (Å²) in [4.78, 5) is 31.1. The second-order valence-corrected chi connectivity index (χ2v) is 9.34. The molecule has 0 atom stereocenters. The Morgan fingerprint density at radius 3 is 2.75 bits per heavy atom. The summed E-state index contributed by atoms with van der Waals surface area (Å²) in [6, 6.07) is 20.5. The van der Waals surface area contributed by atoms with E-state index in [1.54, 1.807) is 6.07 Å². The second-order valence-electron chi connectivity index (χ2n) is 8.40. The molecule has 0 unspecified atom stereocenters. The Hall–Kier alpha value is -4.24. The van der Waals surface area contributed by atoms with Crippen LogP contribution in [0, 0.1) is 6.92 Å². The van der Waals surface area contributed by atoms with Crippen LogP contribution in [0.2, 0.25) is 0 Å². The average Bonchev–Trinajstić information content (AvgIpc) is 3.50. The zero-order valence-electron chi connectivity index (χ0n) is 19.3. The van der Waals surface area contributed by atoms with Gasteiger partial charge >= 0.3 is 0 Å². The fraction of sp³-hybridized carbons (Fsp3) is 0.148. The van der Waals surface area contributed by atoms with E-state index in [9.17, 15) is 9.59 Å². The minimum Gasteiger partial charge on any atom is -0.454 e. The Morgan fingerprint density at radius 2 is 1.86 bits per heavy atom. The van der Waals surface area contributed by atoms with Crippen molar-refractivity contribution in [2.45, 2.75) is 18.6 Å². The lowest BCUT2D eigenvalue weighted by Gasteiger charge is -2.13. The highest BCUT2D eigenvalue weighted by molar-refractivity contribution is 7.99. The van der Waals surface area contributed by atoms with E-state index in [1.165, 1.54) is 16.3 Å². The van der Waals surface area contributed by atoms with Crippen LogP contribution in [0.4, 0.5) is 5.69 Å². The van der Waals surface area contributed by atoms with Gasteiger partial charge in [0.25, 0.3) is 5.56 Å². The number of aryl methyl sites for hydroxylation is 1. The summed E-state index contributed by atoms with van der Waals surface area (Å²) in [5.41, 5.74) is 3.52. The number of hydrogen-bond acceptors (Lipinski definition) is 7. The first-order chi connectivity index (χ1) is 17.6. The van der Waals surface area contributed by atoms with Gasteiger partial charge in [-0.15, -0.1) is 0 Å². The molecule has 3 heterocycles. The third kappa shape index (κ3) is 4.07. The van der Waals surface area contributed by atoms with Gasteiger partial charge < -0.3 is 19.2 Å². The molecule has 2 aromatic heterocycles. The van der Waals surface area contributed by atoms with Crippen molar-refractivity contribution in [2.24, 2.45) is 0 Å². The van der Waals surface area contributed by atoms with E-state index < -0.39 is 0 Å². The number of thioether (sulfide) groups is 1. The molecular formula is C27H21N3O5S. The summed E-state index contributed by atoms with van der Waals surface area (Å²) in [5.74, 6) is 1.20. The lowest BCUT2D eigenvalue weighted by Crippen LogP contribution is -2.24. The number of nitrogens with zero attached hydrogens (tertiary/aromatic N) is 2. The Balaban J connectivity index is 1.37. The van der Waals surface area contributed by atoms with Gasteiger partial charge in [0.1, 0.15) is 11.1 Å². The van der Waals surface area contributed by atoms with Gasteiger partial charge in [0.05, 0.1) is 12.3 Å². The number of ether oxygens (including phenoxy) is 2. The summed E-state index contributed by atoms with van der Waals surface area (Å²) in [6.07, 6.45) is 0. The van der Waals surface area contributed by atoms with Crippen LogP contribution in [0.3, 0.4) is 0 Å². The topological polar surface area (TPSA) is 95.6 Å². The van der Waals surface area contributed by atoms with Crippen molar-refractivity contribution in [3.8, 4) is 11.5 Å². The SMILES string of the molecule is Cc1ccccc1NC(=O)CSc1nc2c(oc3ccccc32)c(=O)n1Cc1ccc2c(c1)OCO2. The Labute approximate surface area is 209 Å².